The summed E-state index contributed by atoms with van der Waals surface area (Å²) >= 11 is 0. The minimum absolute atomic E-state index is 0.0888. The van der Waals surface area contributed by atoms with Crippen molar-refractivity contribution in [3.8, 4) is 17.4 Å². The van der Waals surface area contributed by atoms with Gasteiger partial charge in [0.15, 0.2) is 0 Å². The minimum atomic E-state index is -0.398. The third-order valence-corrected chi connectivity index (χ3v) is 2.51. The van der Waals surface area contributed by atoms with Crippen LogP contribution in [-0.2, 0) is 4.74 Å². The molecule has 2 aromatic rings. The molecular formula is C14H13NO4. The van der Waals surface area contributed by atoms with Gasteiger partial charge in [0.25, 0.3) is 0 Å². The molecule has 0 radical (unpaired) electrons. The van der Waals surface area contributed by atoms with E-state index in [-0.39, 0.29) is 5.75 Å². The Morgan fingerprint density at radius 2 is 1.95 bits per heavy atom. The zero-order valence-electron chi connectivity index (χ0n) is 10.6. The van der Waals surface area contributed by atoms with Crippen LogP contribution in [0, 0.1) is 6.92 Å². The number of aromatic hydroxyl groups is 1. The summed E-state index contributed by atoms with van der Waals surface area (Å²) in [5, 5.41) is 9.26. The summed E-state index contributed by atoms with van der Waals surface area (Å²) in [5.41, 5.74) is 1.17. The fourth-order valence-electron chi connectivity index (χ4n) is 1.54. The number of hydrogen-bond donors (Lipinski definition) is 1. The second-order valence-corrected chi connectivity index (χ2v) is 3.93. The Bertz CT molecular complexity index is 593. The maximum Gasteiger partial charge on any atom is 0.337 e. The van der Waals surface area contributed by atoms with E-state index >= 15 is 0 Å². The number of rotatable bonds is 3. The molecule has 0 bridgehead atoms. The topological polar surface area (TPSA) is 68.7 Å². The van der Waals surface area contributed by atoms with Crippen molar-refractivity contribution in [3.63, 3.8) is 0 Å². The van der Waals surface area contributed by atoms with Crippen molar-refractivity contribution in [2.45, 2.75) is 6.92 Å². The standard InChI is InChI=1S/C14H13NO4/c1-9-7-11(16)8-15-13(9)19-12-5-3-10(4-6-12)14(17)18-2/h3-8,16H,1-2H3. The van der Waals surface area contributed by atoms with Gasteiger partial charge in [-0.15, -0.1) is 0 Å². The molecule has 0 atom stereocenters. The number of carbonyl (C=O) groups is 1. The van der Waals surface area contributed by atoms with Gasteiger partial charge in [0.05, 0.1) is 18.9 Å². The van der Waals surface area contributed by atoms with Crippen LogP contribution < -0.4 is 4.74 Å². The van der Waals surface area contributed by atoms with Crippen LogP contribution in [-0.4, -0.2) is 23.2 Å². The molecule has 0 unspecified atom stereocenters. The third kappa shape index (κ3) is 3.01. The van der Waals surface area contributed by atoms with Crippen LogP contribution in [0.3, 0.4) is 0 Å². The van der Waals surface area contributed by atoms with Crippen molar-refractivity contribution in [3.05, 3.63) is 47.7 Å². The van der Waals surface area contributed by atoms with Crippen molar-refractivity contribution in [1.82, 2.24) is 4.98 Å². The first-order chi connectivity index (χ1) is 9.10. The van der Waals surface area contributed by atoms with Gasteiger partial charge in [-0.05, 0) is 37.3 Å². The number of aryl methyl sites for hydroxylation is 1. The third-order valence-electron chi connectivity index (χ3n) is 2.51. The van der Waals surface area contributed by atoms with Crippen LogP contribution in [0.2, 0.25) is 0 Å². The van der Waals surface area contributed by atoms with E-state index in [2.05, 4.69) is 9.72 Å². The highest BCUT2D eigenvalue weighted by Gasteiger charge is 2.07. The molecule has 0 aliphatic carbocycles. The molecule has 0 saturated carbocycles. The number of nitrogens with zero attached hydrogens (tertiary/aromatic N) is 1. The highest BCUT2D eigenvalue weighted by atomic mass is 16.5. The Morgan fingerprint density at radius 3 is 2.53 bits per heavy atom. The lowest BCUT2D eigenvalue weighted by Crippen LogP contribution is -2.00. The van der Waals surface area contributed by atoms with Gasteiger partial charge in [-0.3, -0.25) is 0 Å². The predicted octanol–water partition coefficient (Wildman–Crippen LogP) is 2.67. The molecule has 1 aromatic heterocycles. The lowest BCUT2D eigenvalue weighted by Gasteiger charge is -2.08. The normalized spacial score (nSPS) is 10.0. The number of ether oxygens (including phenoxy) is 2. The van der Waals surface area contributed by atoms with Crippen molar-refractivity contribution in [2.75, 3.05) is 7.11 Å². The average molecular weight is 259 g/mol. The fraction of sp³-hybridized carbons (Fsp3) is 0.143. The smallest absolute Gasteiger partial charge is 0.337 e. The summed E-state index contributed by atoms with van der Waals surface area (Å²) in [4.78, 5) is 15.3. The lowest BCUT2D eigenvalue weighted by molar-refractivity contribution is 0.0600. The van der Waals surface area contributed by atoms with E-state index in [9.17, 15) is 9.90 Å². The van der Waals surface area contributed by atoms with E-state index in [1.54, 1.807) is 37.3 Å². The summed E-state index contributed by atoms with van der Waals surface area (Å²) in [5.74, 6) is 0.647. The molecule has 0 aliphatic rings. The Morgan fingerprint density at radius 1 is 1.26 bits per heavy atom. The minimum Gasteiger partial charge on any atom is -0.506 e. The average Bonchev–Trinajstić information content (AvgIpc) is 2.42. The molecule has 5 heteroatoms. The number of methoxy groups -OCH3 is 1. The molecule has 5 nitrogen and oxygen atoms in total. The van der Waals surface area contributed by atoms with E-state index < -0.39 is 5.97 Å². The van der Waals surface area contributed by atoms with Crippen LogP contribution in [0.4, 0.5) is 0 Å². The van der Waals surface area contributed by atoms with Crippen LogP contribution in [0.15, 0.2) is 36.5 Å². The number of carbonyl (C=O) groups excluding carboxylic acids is 1. The number of pyridine rings is 1. The first-order valence-corrected chi connectivity index (χ1v) is 5.62. The second-order valence-electron chi connectivity index (χ2n) is 3.93. The number of benzene rings is 1. The maximum atomic E-state index is 11.3. The first-order valence-electron chi connectivity index (χ1n) is 5.62. The summed E-state index contributed by atoms with van der Waals surface area (Å²) < 4.78 is 10.2. The molecule has 1 N–H and O–H groups in total. The highest BCUT2D eigenvalue weighted by molar-refractivity contribution is 5.89. The van der Waals surface area contributed by atoms with Crippen LogP contribution in [0.5, 0.6) is 17.4 Å². The van der Waals surface area contributed by atoms with Crippen molar-refractivity contribution in [2.24, 2.45) is 0 Å². The van der Waals surface area contributed by atoms with Gasteiger partial charge in [-0.25, -0.2) is 9.78 Å². The van der Waals surface area contributed by atoms with E-state index in [1.165, 1.54) is 13.3 Å². The van der Waals surface area contributed by atoms with Gasteiger partial charge in [0.1, 0.15) is 11.5 Å². The largest absolute Gasteiger partial charge is 0.506 e. The quantitative estimate of drug-likeness (QED) is 0.858. The van der Waals surface area contributed by atoms with Crippen molar-refractivity contribution in [1.29, 1.82) is 0 Å². The van der Waals surface area contributed by atoms with Crippen LogP contribution in [0.1, 0.15) is 15.9 Å². The van der Waals surface area contributed by atoms with Crippen molar-refractivity contribution >= 4 is 5.97 Å². The monoisotopic (exact) mass is 259 g/mol. The van der Waals surface area contributed by atoms with Gasteiger partial charge in [0, 0.05) is 5.56 Å². The van der Waals surface area contributed by atoms with Gasteiger partial charge in [-0.2, -0.15) is 0 Å². The molecule has 1 heterocycles. The number of aromatic nitrogens is 1. The van der Waals surface area contributed by atoms with Gasteiger partial charge >= 0.3 is 5.97 Å². The van der Waals surface area contributed by atoms with E-state index in [0.717, 1.165) is 5.56 Å². The molecule has 1 aromatic carbocycles. The molecule has 0 amide bonds. The number of hydrogen-bond acceptors (Lipinski definition) is 5. The molecule has 0 saturated heterocycles. The van der Waals surface area contributed by atoms with Crippen LogP contribution in [0.25, 0.3) is 0 Å². The molecule has 0 spiro atoms. The fourth-order valence-corrected chi connectivity index (χ4v) is 1.54. The van der Waals surface area contributed by atoms with E-state index in [4.69, 9.17) is 4.74 Å². The second kappa shape index (κ2) is 5.39. The summed E-state index contributed by atoms with van der Waals surface area (Å²) in [6, 6.07) is 8.08. The number of esters is 1. The Balaban J connectivity index is 2.17. The summed E-state index contributed by atoms with van der Waals surface area (Å²) in [6.07, 6.45) is 1.31. The summed E-state index contributed by atoms with van der Waals surface area (Å²) in [6.45, 7) is 1.78. The zero-order valence-corrected chi connectivity index (χ0v) is 10.6. The predicted molar refractivity (Wildman–Crippen MR) is 68.5 cm³/mol. The molecule has 2 rings (SSSR count). The Kier molecular flexibility index (Phi) is 3.66. The highest BCUT2D eigenvalue weighted by Crippen LogP contribution is 2.25. The van der Waals surface area contributed by atoms with Crippen LogP contribution >= 0.6 is 0 Å². The summed E-state index contributed by atoms with van der Waals surface area (Å²) in [7, 11) is 1.33. The Labute approximate surface area is 110 Å². The lowest BCUT2D eigenvalue weighted by atomic mass is 10.2. The molecule has 98 valence electrons. The van der Waals surface area contributed by atoms with Crippen molar-refractivity contribution < 1.29 is 19.4 Å². The zero-order chi connectivity index (χ0) is 13.8. The first kappa shape index (κ1) is 12.9. The molecule has 0 aliphatic heterocycles. The van der Waals surface area contributed by atoms with Gasteiger partial charge in [-0.1, -0.05) is 0 Å². The van der Waals surface area contributed by atoms with E-state index in [1.807, 2.05) is 0 Å². The Hall–Kier alpha value is -2.56. The molecule has 19 heavy (non-hydrogen) atoms. The molecule has 0 fully saturated rings. The maximum absolute atomic E-state index is 11.3. The van der Waals surface area contributed by atoms with Gasteiger partial charge < -0.3 is 14.6 Å². The SMILES string of the molecule is COC(=O)c1ccc(Oc2ncc(O)cc2C)cc1. The van der Waals surface area contributed by atoms with E-state index in [0.29, 0.717) is 17.2 Å². The van der Waals surface area contributed by atoms with Gasteiger partial charge in [0.2, 0.25) is 5.88 Å². The molecular weight excluding hydrogens is 246 g/mol.